The highest BCUT2D eigenvalue weighted by Gasteiger charge is 2.19. The Bertz CT molecular complexity index is 4310. The molecule has 1 aromatic heterocycles. The summed E-state index contributed by atoms with van der Waals surface area (Å²) < 4.78 is 2.37. The summed E-state index contributed by atoms with van der Waals surface area (Å²) in [7, 11) is 0. The lowest BCUT2D eigenvalue weighted by Crippen LogP contribution is -2.09. The van der Waals surface area contributed by atoms with Crippen molar-refractivity contribution in [2.45, 2.75) is 0 Å². The van der Waals surface area contributed by atoms with Crippen LogP contribution in [0.2, 0.25) is 0 Å². The van der Waals surface area contributed by atoms with Gasteiger partial charge in [-0.05, 0) is 161 Å². The molecule has 0 aliphatic carbocycles. The second-order valence-electron chi connectivity index (χ2n) is 19.2. The topological polar surface area (TPSA) is 8.17 Å². The van der Waals surface area contributed by atoms with E-state index < -0.39 is 0 Å². The zero-order valence-corrected chi connectivity index (χ0v) is 40.6. The van der Waals surface area contributed by atoms with Gasteiger partial charge in [0, 0.05) is 33.5 Å². The van der Waals surface area contributed by atoms with Gasteiger partial charge in [-0.3, -0.25) is 0 Å². The lowest BCUT2D eigenvalue weighted by atomic mass is 9.86. The molecule has 0 unspecified atom stereocenters. The van der Waals surface area contributed by atoms with Crippen LogP contribution in [-0.4, -0.2) is 4.57 Å². The van der Waals surface area contributed by atoms with Crippen molar-refractivity contribution in [2.75, 3.05) is 4.90 Å². The lowest BCUT2D eigenvalue weighted by Gasteiger charge is -2.26. The summed E-state index contributed by atoms with van der Waals surface area (Å²) in [5, 5.41) is 10.0. The minimum absolute atomic E-state index is 1.09. The fourth-order valence-electron chi connectivity index (χ4n) is 11.4. The van der Waals surface area contributed by atoms with Gasteiger partial charge in [-0.25, -0.2) is 0 Å². The number of fused-ring (bicyclic) bond motifs is 6. The Balaban J connectivity index is 0.817. The Hall–Kier alpha value is -9.76. The van der Waals surface area contributed by atoms with E-state index in [-0.39, 0.29) is 0 Å². The van der Waals surface area contributed by atoms with Crippen LogP contribution in [-0.2, 0) is 0 Å². The van der Waals surface area contributed by atoms with Crippen molar-refractivity contribution in [3.05, 3.63) is 291 Å². The van der Waals surface area contributed by atoms with Crippen LogP contribution in [0.15, 0.2) is 291 Å². The number of aromatic nitrogens is 1. The second kappa shape index (κ2) is 18.1. The lowest BCUT2D eigenvalue weighted by molar-refractivity contribution is 1.18. The maximum absolute atomic E-state index is 2.37. The number of rotatable bonds is 9. The molecule has 1 heterocycles. The Morgan fingerprint density at radius 2 is 0.581 bits per heavy atom. The standard InChI is InChI=1S/C72H48N2/c1-3-16-54(17-4-1)71-64-22-9-11-24-66(64)72(67-25-12-10-23-65(67)71)55-30-27-50(28-31-55)51-33-40-60(41-34-51)73(61-42-35-52(36-43-61)57-32-29-49-15-7-8-18-56(49)47-57)62-44-37-53(38-45-62)58-39-46-70-68(48-58)63-21-13-14-26-69(63)74(70)59-19-5-2-6-20-59/h1-48H. The fourth-order valence-corrected chi connectivity index (χ4v) is 11.4. The highest BCUT2D eigenvalue weighted by Crippen LogP contribution is 2.45. The number of anilines is 3. The molecule has 0 bridgehead atoms. The van der Waals surface area contributed by atoms with Gasteiger partial charge in [-0.1, -0.05) is 218 Å². The Morgan fingerprint density at radius 1 is 0.216 bits per heavy atom. The molecule has 2 heteroatoms. The molecular weight excluding hydrogens is 893 g/mol. The summed E-state index contributed by atoms with van der Waals surface area (Å²) in [4.78, 5) is 2.37. The molecule has 0 spiro atoms. The summed E-state index contributed by atoms with van der Waals surface area (Å²) in [6, 6.07) is 106. The monoisotopic (exact) mass is 940 g/mol. The van der Waals surface area contributed by atoms with E-state index in [4.69, 9.17) is 0 Å². The number of nitrogens with zero attached hydrogens (tertiary/aromatic N) is 2. The molecule has 14 aromatic rings. The van der Waals surface area contributed by atoms with Gasteiger partial charge in [0.1, 0.15) is 0 Å². The van der Waals surface area contributed by atoms with Crippen LogP contribution in [0.5, 0.6) is 0 Å². The Kier molecular flexibility index (Phi) is 10.6. The molecule has 14 rings (SSSR count). The van der Waals surface area contributed by atoms with E-state index in [2.05, 4.69) is 301 Å². The minimum Gasteiger partial charge on any atom is -0.311 e. The third-order valence-corrected chi connectivity index (χ3v) is 15.0. The quantitative estimate of drug-likeness (QED) is 0.131. The van der Waals surface area contributed by atoms with Crippen LogP contribution in [0.4, 0.5) is 17.1 Å². The van der Waals surface area contributed by atoms with Crippen molar-refractivity contribution in [2.24, 2.45) is 0 Å². The van der Waals surface area contributed by atoms with Crippen molar-refractivity contribution in [3.63, 3.8) is 0 Å². The highest BCUT2D eigenvalue weighted by molar-refractivity contribution is 6.21. The molecule has 0 N–H and O–H groups in total. The average molecular weight is 941 g/mol. The minimum atomic E-state index is 1.09. The third-order valence-electron chi connectivity index (χ3n) is 15.0. The van der Waals surface area contributed by atoms with Gasteiger partial charge < -0.3 is 9.47 Å². The van der Waals surface area contributed by atoms with Crippen LogP contribution in [0.3, 0.4) is 0 Å². The summed E-state index contributed by atoms with van der Waals surface area (Å²) in [5.41, 5.74) is 18.9. The average Bonchev–Trinajstić information content (AvgIpc) is 3.83. The maximum Gasteiger partial charge on any atom is 0.0541 e. The molecule has 0 saturated carbocycles. The Labute approximate surface area is 430 Å². The first-order valence-electron chi connectivity index (χ1n) is 25.5. The zero-order chi connectivity index (χ0) is 49.0. The van der Waals surface area contributed by atoms with Crippen LogP contribution < -0.4 is 4.90 Å². The molecule has 0 atom stereocenters. The number of hydrogen-bond acceptors (Lipinski definition) is 1. The van der Waals surface area contributed by atoms with Gasteiger partial charge in [0.2, 0.25) is 0 Å². The molecule has 13 aromatic carbocycles. The van der Waals surface area contributed by atoms with Gasteiger partial charge in [-0.15, -0.1) is 0 Å². The van der Waals surface area contributed by atoms with Crippen molar-refractivity contribution < 1.29 is 0 Å². The maximum atomic E-state index is 2.37. The largest absolute Gasteiger partial charge is 0.311 e. The van der Waals surface area contributed by atoms with Gasteiger partial charge >= 0.3 is 0 Å². The Morgan fingerprint density at radius 3 is 1.14 bits per heavy atom. The first-order chi connectivity index (χ1) is 36.7. The molecule has 74 heavy (non-hydrogen) atoms. The molecule has 0 fully saturated rings. The van der Waals surface area contributed by atoms with Gasteiger partial charge in [0.25, 0.3) is 0 Å². The smallest absolute Gasteiger partial charge is 0.0541 e. The van der Waals surface area contributed by atoms with E-state index >= 15 is 0 Å². The van der Waals surface area contributed by atoms with Crippen molar-refractivity contribution in [3.8, 4) is 61.3 Å². The zero-order valence-electron chi connectivity index (χ0n) is 40.6. The highest BCUT2D eigenvalue weighted by atomic mass is 15.1. The summed E-state index contributed by atoms with van der Waals surface area (Å²) in [5.74, 6) is 0. The summed E-state index contributed by atoms with van der Waals surface area (Å²) in [6.07, 6.45) is 0. The first-order valence-corrected chi connectivity index (χ1v) is 25.5. The SMILES string of the molecule is c1ccc(-c2c3ccccc3c(-c3ccc(-c4ccc(N(c5ccc(-c6ccc7ccccc7c6)cc5)c5ccc(-c6ccc7c(c6)c6ccccc6n7-c6ccccc6)cc5)cc4)cc3)c3ccccc23)cc1. The predicted octanol–water partition coefficient (Wildman–Crippen LogP) is 20.0. The molecule has 2 nitrogen and oxygen atoms in total. The molecule has 0 amide bonds. The third kappa shape index (κ3) is 7.52. The van der Waals surface area contributed by atoms with E-state index in [1.165, 1.54) is 110 Å². The van der Waals surface area contributed by atoms with E-state index in [1.54, 1.807) is 0 Å². The number of benzene rings is 13. The van der Waals surface area contributed by atoms with Crippen molar-refractivity contribution in [1.82, 2.24) is 4.57 Å². The van der Waals surface area contributed by atoms with E-state index in [1.807, 2.05) is 0 Å². The first kappa shape index (κ1) is 43.1. The van der Waals surface area contributed by atoms with E-state index in [0.717, 1.165) is 22.7 Å². The van der Waals surface area contributed by atoms with Crippen molar-refractivity contribution >= 4 is 71.2 Å². The molecule has 346 valence electrons. The molecule has 0 saturated heterocycles. The molecule has 0 aliphatic rings. The fraction of sp³-hybridized carbons (Fsp3) is 0. The summed E-state index contributed by atoms with van der Waals surface area (Å²) >= 11 is 0. The van der Waals surface area contributed by atoms with Crippen molar-refractivity contribution in [1.29, 1.82) is 0 Å². The van der Waals surface area contributed by atoms with E-state index in [0.29, 0.717) is 0 Å². The number of para-hydroxylation sites is 2. The molecule has 0 aliphatic heterocycles. The van der Waals surface area contributed by atoms with Crippen LogP contribution in [0.1, 0.15) is 0 Å². The number of hydrogen-bond donors (Lipinski definition) is 0. The van der Waals surface area contributed by atoms with Crippen LogP contribution >= 0.6 is 0 Å². The summed E-state index contributed by atoms with van der Waals surface area (Å²) in [6.45, 7) is 0. The van der Waals surface area contributed by atoms with Gasteiger partial charge in [0.05, 0.1) is 11.0 Å². The van der Waals surface area contributed by atoms with Gasteiger partial charge in [-0.2, -0.15) is 0 Å². The van der Waals surface area contributed by atoms with Crippen LogP contribution in [0.25, 0.3) is 115 Å². The normalized spacial score (nSPS) is 11.5. The predicted molar refractivity (Wildman–Crippen MR) is 315 cm³/mol. The van der Waals surface area contributed by atoms with Gasteiger partial charge in [0.15, 0.2) is 0 Å². The van der Waals surface area contributed by atoms with Crippen LogP contribution in [0, 0.1) is 0 Å². The second-order valence-corrected chi connectivity index (χ2v) is 19.2. The van der Waals surface area contributed by atoms with E-state index in [9.17, 15) is 0 Å². The molecular formula is C72H48N2. The molecule has 0 radical (unpaired) electrons.